The van der Waals surface area contributed by atoms with Crippen molar-refractivity contribution >= 4 is 11.7 Å². The lowest BCUT2D eigenvalue weighted by Crippen LogP contribution is -2.46. The van der Waals surface area contributed by atoms with E-state index in [0.29, 0.717) is 25.5 Å². The van der Waals surface area contributed by atoms with Crippen molar-refractivity contribution in [3.8, 4) is 0 Å². The molecule has 0 radical (unpaired) electrons. The van der Waals surface area contributed by atoms with Gasteiger partial charge in [-0.3, -0.25) is 9.78 Å². The summed E-state index contributed by atoms with van der Waals surface area (Å²) in [5.74, 6) is 0.362. The van der Waals surface area contributed by atoms with E-state index in [2.05, 4.69) is 9.97 Å². The number of aromatic nitrogens is 2. The SMILES string of the molecule is CN(CC(=O)N1CCO[C@H](c2ccc(F)cc2)C1)c1cnccn1. The van der Waals surface area contributed by atoms with Crippen LogP contribution in [-0.4, -0.2) is 54.1 Å². The second kappa shape index (κ2) is 7.35. The molecule has 1 fully saturated rings. The number of benzene rings is 1. The highest BCUT2D eigenvalue weighted by molar-refractivity contribution is 5.81. The maximum absolute atomic E-state index is 13.0. The fourth-order valence-electron chi connectivity index (χ4n) is 2.63. The molecular weight excluding hydrogens is 311 g/mol. The Labute approximate surface area is 139 Å². The van der Waals surface area contributed by atoms with E-state index in [4.69, 9.17) is 4.74 Å². The minimum absolute atomic E-state index is 0.00133. The van der Waals surface area contributed by atoms with Crippen molar-refractivity contribution in [1.82, 2.24) is 14.9 Å². The minimum atomic E-state index is -0.284. The van der Waals surface area contributed by atoms with Crippen LogP contribution in [0.2, 0.25) is 0 Å². The number of amides is 1. The van der Waals surface area contributed by atoms with Gasteiger partial charge < -0.3 is 14.5 Å². The summed E-state index contributed by atoms with van der Waals surface area (Å²) in [4.78, 5) is 24.2. The molecule has 24 heavy (non-hydrogen) atoms. The third kappa shape index (κ3) is 3.86. The number of likely N-dealkylation sites (N-methyl/N-ethyl adjacent to an activating group) is 1. The van der Waals surface area contributed by atoms with Crippen molar-refractivity contribution < 1.29 is 13.9 Å². The predicted octanol–water partition coefficient (Wildman–Crippen LogP) is 1.65. The molecule has 0 unspecified atom stereocenters. The number of morpholine rings is 1. The van der Waals surface area contributed by atoms with E-state index < -0.39 is 0 Å². The highest BCUT2D eigenvalue weighted by atomic mass is 19.1. The maximum Gasteiger partial charge on any atom is 0.242 e. The third-order valence-electron chi connectivity index (χ3n) is 3.97. The molecule has 1 saturated heterocycles. The fraction of sp³-hybridized carbons (Fsp3) is 0.353. The first-order valence-corrected chi connectivity index (χ1v) is 7.75. The molecule has 0 aliphatic carbocycles. The summed E-state index contributed by atoms with van der Waals surface area (Å²) in [6, 6.07) is 6.20. The van der Waals surface area contributed by atoms with Gasteiger partial charge in [0.1, 0.15) is 17.7 Å². The van der Waals surface area contributed by atoms with Gasteiger partial charge in [0.25, 0.3) is 0 Å². The van der Waals surface area contributed by atoms with Gasteiger partial charge in [-0.05, 0) is 17.7 Å². The molecule has 6 nitrogen and oxygen atoms in total. The van der Waals surface area contributed by atoms with Gasteiger partial charge in [-0.25, -0.2) is 9.37 Å². The van der Waals surface area contributed by atoms with Crippen LogP contribution in [0.1, 0.15) is 11.7 Å². The number of carbonyl (C=O) groups excluding carboxylic acids is 1. The Morgan fingerprint density at radius 1 is 1.38 bits per heavy atom. The van der Waals surface area contributed by atoms with Gasteiger partial charge in [0, 0.05) is 26.0 Å². The Morgan fingerprint density at radius 3 is 2.88 bits per heavy atom. The number of rotatable bonds is 4. The monoisotopic (exact) mass is 330 g/mol. The zero-order chi connectivity index (χ0) is 16.9. The van der Waals surface area contributed by atoms with Gasteiger partial charge in [0.15, 0.2) is 0 Å². The first-order chi connectivity index (χ1) is 11.6. The van der Waals surface area contributed by atoms with E-state index in [1.54, 1.807) is 47.6 Å². The van der Waals surface area contributed by atoms with E-state index in [1.165, 1.54) is 12.1 Å². The van der Waals surface area contributed by atoms with Gasteiger partial charge in [0.2, 0.25) is 5.91 Å². The lowest BCUT2D eigenvalue weighted by molar-refractivity contribution is -0.137. The second-order valence-electron chi connectivity index (χ2n) is 5.67. The molecule has 2 aromatic rings. The van der Waals surface area contributed by atoms with Crippen molar-refractivity contribution in [3.63, 3.8) is 0 Å². The topological polar surface area (TPSA) is 58.6 Å². The molecule has 0 spiro atoms. The highest BCUT2D eigenvalue weighted by Crippen LogP contribution is 2.22. The molecule has 0 saturated carbocycles. The predicted molar refractivity (Wildman–Crippen MR) is 87.0 cm³/mol. The number of hydrogen-bond donors (Lipinski definition) is 0. The third-order valence-corrected chi connectivity index (χ3v) is 3.97. The molecule has 1 amide bonds. The van der Waals surface area contributed by atoms with Crippen LogP contribution in [-0.2, 0) is 9.53 Å². The number of carbonyl (C=O) groups is 1. The van der Waals surface area contributed by atoms with Crippen LogP contribution < -0.4 is 4.90 Å². The Hall–Kier alpha value is -2.54. The number of anilines is 1. The number of nitrogens with zero attached hydrogens (tertiary/aromatic N) is 4. The fourth-order valence-corrected chi connectivity index (χ4v) is 2.63. The molecule has 126 valence electrons. The molecule has 3 rings (SSSR count). The van der Waals surface area contributed by atoms with Gasteiger partial charge >= 0.3 is 0 Å². The molecule has 1 aromatic heterocycles. The van der Waals surface area contributed by atoms with E-state index in [0.717, 1.165) is 5.56 Å². The highest BCUT2D eigenvalue weighted by Gasteiger charge is 2.26. The second-order valence-corrected chi connectivity index (χ2v) is 5.67. The van der Waals surface area contributed by atoms with Crippen LogP contribution in [0.25, 0.3) is 0 Å². The van der Waals surface area contributed by atoms with Crippen molar-refractivity contribution in [1.29, 1.82) is 0 Å². The largest absolute Gasteiger partial charge is 0.370 e. The average Bonchev–Trinajstić information content (AvgIpc) is 2.63. The Bertz CT molecular complexity index is 681. The average molecular weight is 330 g/mol. The van der Waals surface area contributed by atoms with E-state index >= 15 is 0 Å². The summed E-state index contributed by atoms with van der Waals surface area (Å²) < 4.78 is 18.8. The lowest BCUT2D eigenvalue weighted by Gasteiger charge is -2.34. The molecule has 1 atom stereocenters. The first-order valence-electron chi connectivity index (χ1n) is 7.75. The van der Waals surface area contributed by atoms with Crippen molar-refractivity contribution in [3.05, 3.63) is 54.2 Å². The zero-order valence-electron chi connectivity index (χ0n) is 13.4. The minimum Gasteiger partial charge on any atom is -0.370 e. The smallest absolute Gasteiger partial charge is 0.242 e. The molecule has 0 N–H and O–H groups in total. The standard InChI is InChI=1S/C17H19FN4O2/c1-21(16-10-19-6-7-20-16)12-17(23)22-8-9-24-15(11-22)13-2-4-14(18)5-3-13/h2-7,10,15H,8-9,11-12H2,1H3/t15-/m0/s1. The van der Waals surface area contributed by atoms with Crippen molar-refractivity contribution in [2.24, 2.45) is 0 Å². The lowest BCUT2D eigenvalue weighted by atomic mass is 10.1. The van der Waals surface area contributed by atoms with Crippen LogP contribution in [0.4, 0.5) is 10.2 Å². The van der Waals surface area contributed by atoms with Crippen molar-refractivity contribution in [2.75, 3.05) is 38.2 Å². The van der Waals surface area contributed by atoms with Gasteiger partial charge in [-0.1, -0.05) is 12.1 Å². The van der Waals surface area contributed by atoms with Crippen LogP contribution in [0.3, 0.4) is 0 Å². The molecule has 0 bridgehead atoms. The molecule has 1 aliphatic rings. The Balaban J connectivity index is 1.61. The van der Waals surface area contributed by atoms with Gasteiger partial charge in [-0.15, -0.1) is 0 Å². The molecule has 1 aliphatic heterocycles. The number of ether oxygens (including phenoxy) is 1. The summed E-state index contributed by atoms with van der Waals surface area (Å²) in [6.07, 6.45) is 4.57. The van der Waals surface area contributed by atoms with Crippen LogP contribution in [0, 0.1) is 5.82 Å². The molecular formula is C17H19FN4O2. The van der Waals surface area contributed by atoms with E-state index in [1.807, 2.05) is 0 Å². The first kappa shape index (κ1) is 16.3. The summed E-state index contributed by atoms with van der Waals surface area (Å²) in [7, 11) is 1.81. The van der Waals surface area contributed by atoms with Gasteiger partial charge in [0.05, 0.1) is 25.9 Å². The summed E-state index contributed by atoms with van der Waals surface area (Å²) in [6.45, 7) is 1.68. The summed E-state index contributed by atoms with van der Waals surface area (Å²) >= 11 is 0. The van der Waals surface area contributed by atoms with Gasteiger partial charge in [-0.2, -0.15) is 0 Å². The van der Waals surface area contributed by atoms with E-state index in [-0.39, 0.29) is 24.4 Å². The Kier molecular flexibility index (Phi) is 5.00. The normalized spacial score (nSPS) is 17.6. The molecule has 1 aromatic carbocycles. The van der Waals surface area contributed by atoms with Crippen molar-refractivity contribution in [2.45, 2.75) is 6.10 Å². The number of halogens is 1. The molecule has 7 heteroatoms. The Morgan fingerprint density at radius 2 is 2.17 bits per heavy atom. The quantitative estimate of drug-likeness (QED) is 0.853. The molecule has 2 heterocycles. The maximum atomic E-state index is 13.0. The van der Waals surface area contributed by atoms with Crippen LogP contribution >= 0.6 is 0 Å². The number of hydrogen-bond acceptors (Lipinski definition) is 5. The van der Waals surface area contributed by atoms with Crippen LogP contribution in [0.15, 0.2) is 42.9 Å². The summed E-state index contributed by atoms with van der Waals surface area (Å²) in [5, 5.41) is 0. The van der Waals surface area contributed by atoms with E-state index in [9.17, 15) is 9.18 Å². The van der Waals surface area contributed by atoms with Crippen LogP contribution in [0.5, 0.6) is 0 Å². The summed E-state index contributed by atoms with van der Waals surface area (Å²) in [5.41, 5.74) is 0.871. The zero-order valence-corrected chi connectivity index (χ0v) is 13.4.